The Morgan fingerprint density at radius 2 is 2.29 bits per heavy atom. The van der Waals surface area contributed by atoms with Crippen LogP contribution in [0.25, 0.3) is 10.9 Å². The van der Waals surface area contributed by atoms with Gasteiger partial charge in [-0.25, -0.2) is 9.78 Å². The minimum Gasteiger partial charge on any atom is -0.360 e. The van der Waals surface area contributed by atoms with E-state index in [4.69, 9.17) is 0 Å². The van der Waals surface area contributed by atoms with E-state index in [1.807, 2.05) is 35.4 Å². The summed E-state index contributed by atoms with van der Waals surface area (Å²) in [5.41, 5.74) is 1.94. The van der Waals surface area contributed by atoms with Crippen LogP contribution in [-0.4, -0.2) is 25.8 Å². The van der Waals surface area contributed by atoms with Crippen molar-refractivity contribution in [2.45, 2.75) is 32.4 Å². The van der Waals surface area contributed by atoms with Crippen molar-refractivity contribution in [2.75, 3.05) is 5.32 Å². The third-order valence-corrected chi connectivity index (χ3v) is 4.49. The molecule has 1 saturated carbocycles. The first kappa shape index (κ1) is 14.7. The molecule has 0 unspecified atom stereocenters. The molecule has 7 nitrogen and oxygen atoms in total. The molecule has 3 aromatic heterocycles. The van der Waals surface area contributed by atoms with Crippen LogP contribution >= 0.6 is 0 Å². The summed E-state index contributed by atoms with van der Waals surface area (Å²) in [5.74, 6) is 1.30. The number of fused-ring (bicyclic) bond motifs is 1. The van der Waals surface area contributed by atoms with Gasteiger partial charge in [0.2, 0.25) is 0 Å². The van der Waals surface area contributed by atoms with Crippen LogP contribution < -0.4 is 10.6 Å². The third-order valence-electron chi connectivity index (χ3n) is 4.49. The van der Waals surface area contributed by atoms with E-state index in [-0.39, 0.29) is 6.03 Å². The van der Waals surface area contributed by atoms with Crippen molar-refractivity contribution in [2.24, 2.45) is 5.92 Å². The minimum atomic E-state index is -0.274. The molecule has 0 saturated heterocycles. The van der Waals surface area contributed by atoms with Gasteiger partial charge in [0.15, 0.2) is 0 Å². The molecule has 7 heteroatoms. The van der Waals surface area contributed by atoms with Crippen molar-refractivity contribution in [1.29, 1.82) is 0 Å². The number of carbonyl (C=O) groups is 1. The third kappa shape index (κ3) is 3.24. The smallest absolute Gasteiger partial charge is 0.320 e. The zero-order valence-corrected chi connectivity index (χ0v) is 13.3. The Balaban J connectivity index is 1.29. The lowest BCUT2D eigenvalue weighted by Crippen LogP contribution is -2.28. The average Bonchev–Trinajstić information content (AvgIpc) is 3.17. The fourth-order valence-corrected chi connectivity index (χ4v) is 2.90. The summed E-state index contributed by atoms with van der Waals surface area (Å²) in [6, 6.07) is 3.50. The van der Waals surface area contributed by atoms with Crippen molar-refractivity contribution < 1.29 is 4.79 Å². The van der Waals surface area contributed by atoms with Gasteiger partial charge in [-0.2, -0.15) is 5.10 Å². The maximum atomic E-state index is 12.0. The molecule has 2 amide bonds. The molecule has 3 N–H and O–H groups in total. The fraction of sp³-hybridized carbons (Fsp3) is 0.353. The highest BCUT2D eigenvalue weighted by atomic mass is 16.2. The monoisotopic (exact) mass is 324 g/mol. The Morgan fingerprint density at radius 1 is 1.38 bits per heavy atom. The van der Waals surface area contributed by atoms with E-state index in [1.165, 1.54) is 19.3 Å². The molecule has 1 fully saturated rings. The summed E-state index contributed by atoms with van der Waals surface area (Å²) in [5, 5.41) is 11.0. The molecule has 0 aromatic carbocycles. The van der Waals surface area contributed by atoms with Crippen molar-refractivity contribution in [1.82, 2.24) is 25.1 Å². The first-order chi connectivity index (χ1) is 11.8. The van der Waals surface area contributed by atoms with Crippen LogP contribution in [0.4, 0.5) is 10.6 Å². The van der Waals surface area contributed by atoms with Crippen molar-refractivity contribution in [3.8, 4) is 0 Å². The lowest BCUT2D eigenvalue weighted by molar-refractivity contribution is 0.251. The average molecular weight is 324 g/mol. The molecular weight excluding hydrogens is 304 g/mol. The maximum Gasteiger partial charge on any atom is 0.320 e. The van der Waals surface area contributed by atoms with Gasteiger partial charge in [0.05, 0.1) is 17.9 Å². The molecule has 24 heavy (non-hydrogen) atoms. The summed E-state index contributed by atoms with van der Waals surface area (Å²) >= 11 is 0. The zero-order chi connectivity index (χ0) is 16.4. The van der Waals surface area contributed by atoms with E-state index < -0.39 is 0 Å². The van der Waals surface area contributed by atoms with E-state index in [9.17, 15) is 4.79 Å². The van der Waals surface area contributed by atoms with E-state index in [2.05, 4.69) is 25.7 Å². The molecule has 3 heterocycles. The molecular formula is C17H20N6O. The molecule has 3 aromatic rings. The Labute approximate surface area is 139 Å². The fourth-order valence-electron chi connectivity index (χ4n) is 2.90. The molecule has 0 spiro atoms. The number of anilines is 1. The molecule has 0 radical (unpaired) electrons. The minimum absolute atomic E-state index is 0.274. The van der Waals surface area contributed by atoms with Crippen LogP contribution in [0.15, 0.2) is 36.9 Å². The second kappa shape index (κ2) is 6.35. The number of pyridine rings is 1. The number of aromatic nitrogens is 4. The van der Waals surface area contributed by atoms with Crippen LogP contribution in [0.5, 0.6) is 0 Å². The molecule has 0 atom stereocenters. The van der Waals surface area contributed by atoms with Crippen LogP contribution in [0.1, 0.15) is 24.8 Å². The summed E-state index contributed by atoms with van der Waals surface area (Å²) in [6.07, 6.45) is 11.3. The summed E-state index contributed by atoms with van der Waals surface area (Å²) in [7, 11) is 0. The van der Waals surface area contributed by atoms with Gasteiger partial charge in [-0.05, 0) is 30.9 Å². The molecule has 1 aliphatic rings. The van der Waals surface area contributed by atoms with Crippen LogP contribution in [0.2, 0.25) is 0 Å². The lowest BCUT2D eigenvalue weighted by Gasteiger charge is -2.24. The van der Waals surface area contributed by atoms with E-state index in [0.717, 1.165) is 28.9 Å². The molecule has 0 aliphatic heterocycles. The quantitative estimate of drug-likeness (QED) is 0.674. The number of carbonyl (C=O) groups excluding carboxylic acids is 1. The summed E-state index contributed by atoms with van der Waals surface area (Å²) in [4.78, 5) is 19.3. The van der Waals surface area contributed by atoms with Gasteiger partial charge in [-0.3, -0.25) is 10.00 Å². The Bertz CT molecular complexity index is 848. The Hall–Kier alpha value is -2.83. The van der Waals surface area contributed by atoms with Gasteiger partial charge in [0.1, 0.15) is 5.82 Å². The largest absolute Gasteiger partial charge is 0.360 e. The number of H-pyrrole nitrogens is 1. The number of urea groups is 1. The predicted molar refractivity (Wildman–Crippen MR) is 91.5 cm³/mol. The number of aromatic amines is 1. The van der Waals surface area contributed by atoms with Gasteiger partial charge in [-0.15, -0.1) is 0 Å². The van der Waals surface area contributed by atoms with Gasteiger partial charge in [-0.1, -0.05) is 6.42 Å². The van der Waals surface area contributed by atoms with E-state index >= 15 is 0 Å². The molecule has 0 bridgehead atoms. The predicted octanol–water partition coefficient (Wildman–Crippen LogP) is 2.88. The molecule has 124 valence electrons. The van der Waals surface area contributed by atoms with Crippen molar-refractivity contribution >= 4 is 22.8 Å². The summed E-state index contributed by atoms with van der Waals surface area (Å²) in [6.45, 7) is 1.43. The lowest BCUT2D eigenvalue weighted by atomic mass is 9.85. The Morgan fingerprint density at radius 3 is 3.12 bits per heavy atom. The SMILES string of the molecule is O=C(NCc1cnn(CC2CCC2)c1)Nc1cc2cc[nH]c2cn1. The van der Waals surface area contributed by atoms with Gasteiger partial charge < -0.3 is 10.3 Å². The number of amides is 2. The first-order valence-corrected chi connectivity index (χ1v) is 8.25. The van der Waals surface area contributed by atoms with Crippen molar-refractivity contribution in [3.05, 3.63) is 42.5 Å². The highest BCUT2D eigenvalue weighted by molar-refractivity contribution is 5.90. The summed E-state index contributed by atoms with van der Waals surface area (Å²) < 4.78 is 1.97. The van der Waals surface area contributed by atoms with E-state index in [1.54, 1.807) is 6.20 Å². The van der Waals surface area contributed by atoms with Gasteiger partial charge in [0.25, 0.3) is 0 Å². The number of hydrogen-bond donors (Lipinski definition) is 3. The standard InChI is InChI=1S/C17H20N6O/c24-17(22-16-6-14-4-5-18-15(14)9-19-16)20-7-13-8-21-23(11-13)10-12-2-1-3-12/h4-6,8-9,11-12,18H,1-3,7,10H2,(H2,19,20,22,24). The second-order valence-electron chi connectivity index (χ2n) is 6.31. The van der Waals surface area contributed by atoms with Crippen LogP contribution in [0.3, 0.4) is 0 Å². The Kier molecular flexibility index (Phi) is 3.90. The number of rotatable bonds is 5. The molecule has 1 aliphatic carbocycles. The van der Waals surface area contributed by atoms with Gasteiger partial charge in [0, 0.05) is 36.4 Å². The zero-order valence-electron chi connectivity index (χ0n) is 13.3. The second-order valence-corrected chi connectivity index (χ2v) is 6.31. The van der Waals surface area contributed by atoms with Gasteiger partial charge >= 0.3 is 6.03 Å². The number of hydrogen-bond acceptors (Lipinski definition) is 3. The first-order valence-electron chi connectivity index (χ1n) is 8.25. The van der Waals surface area contributed by atoms with Crippen LogP contribution in [0, 0.1) is 5.92 Å². The maximum absolute atomic E-state index is 12.0. The number of nitrogens with zero attached hydrogens (tertiary/aromatic N) is 3. The highest BCUT2D eigenvalue weighted by Gasteiger charge is 2.18. The van der Waals surface area contributed by atoms with Crippen LogP contribution in [-0.2, 0) is 13.1 Å². The van der Waals surface area contributed by atoms with Crippen molar-refractivity contribution in [3.63, 3.8) is 0 Å². The highest BCUT2D eigenvalue weighted by Crippen LogP contribution is 2.27. The normalized spacial score (nSPS) is 14.5. The number of nitrogens with one attached hydrogen (secondary N) is 3. The molecule has 4 rings (SSSR count). The topological polar surface area (TPSA) is 87.6 Å². The van der Waals surface area contributed by atoms with E-state index in [0.29, 0.717) is 12.4 Å².